The fraction of sp³-hybridized carbons (Fsp3) is 0.600. The molecule has 0 spiro atoms. The molecular weight excluding hydrogens is 364 g/mol. The number of allylic oxidation sites excluding steroid dienone is 4. The van der Waals surface area contributed by atoms with Crippen LogP contribution in [0.25, 0.3) is 0 Å². The third kappa shape index (κ3) is 10.5. The molecule has 4 heteroatoms. The highest BCUT2D eigenvalue weighted by atomic mass is 16.7. The molecule has 0 aliphatic carbocycles. The molecule has 4 nitrogen and oxygen atoms in total. The van der Waals surface area contributed by atoms with E-state index >= 15 is 0 Å². The Morgan fingerprint density at radius 1 is 0.897 bits per heavy atom. The quantitative estimate of drug-likeness (QED) is 0.187. The van der Waals surface area contributed by atoms with Crippen molar-refractivity contribution in [1.29, 1.82) is 0 Å². The molecule has 0 aromatic heterocycles. The summed E-state index contributed by atoms with van der Waals surface area (Å²) in [5.41, 5.74) is 5.00. The van der Waals surface area contributed by atoms with Crippen molar-refractivity contribution in [2.24, 2.45) is 0 Å². The van der Waals surface area contributed by atoms with E-state index in [1.165, 1.54) is 29.6 Å². The van der Waals surface area contributed by atoms with Crippen molar-refractivity contribution in [2.45, 2.75) is 72.6 Å². The summed E-state index contributed by atoms with van der Waals surface area (Å²) in [7, 11) is 3.28. The van der Waals surface area contributed by atoms with Crippen LogP contribution in [0.3, 0.4) is 0 Å². The second kappa shape index (κ2) is 15.1. The topological polar surface area (TPSA) is 36.9 Å². The largest absolute Gasteiger partial charge is 0.467 e. The second-order valence-electron chi connectivity index (χ2n) is 7.70. The monoisotopic (exact) mass is 404 g/mol. The Morgan fingerprint density at radius 2 is 1.52 bits per heavy atom. The van der Waals surface area contributed by atoms with Crippen LogP contribution in [0, 0.1) is 0 Å². The molecule has 0 N–H and O–H groups in total. The molecule has 0 atom stereocenters. The SMILES string of the molecule is CCCCCc1cc(OCOC)c(C/C=C(\C)CCC=C(C)C)c(OCOC)c1. The van der Waals surface area contributed by atoms with Crippen LogP contribution in [0.15, 0.2) is 35.4 Å². The molecule has 1 aromatic rings. The van der Waals surface area contributed by atoms with Gasteiger partial charge >= 0.3 is 0 Å². The normalized spacial score (nSPS) is 11.4. The van der Waals surface area contributed by atoms with Crippen molar-refractivity contribution in [3.05, 3.63) is 46.6 Å². The number of aryl methyl sites for hydroxylation is 1. The van der Waals surface area contributed by atoms with Gasteiger partial charge in [0.2, 0.25) is 0 Å². The second-order valence-corrected chi connectivity index (χ2v) is 7.70. The molecular formula is C25H40O4. The highest BCUT2D eigenvalue weighted by Gasteiger charge is 2.14. The van der Waals surface area contributed by atoms with Gasteiger partial charge in [0.1, 0.15) is 11.5 Å². The Balaban J connectivity index is 3.08. The highest BCUT2D eigenvalue weighted by molar-refractivity contribution is 5.49. The summed E-state index contributed by atoms with van der Waals surface area (Å²) in [5, 5.41) is 0. The van der Waals surface area contributed by atoms with Gasteiger partial charge in [-0.2, -0.15) is 0 Å². The Morgan fingerprint density at radius 3 is 2.03 bits per heavy atom. The summed E-state index contributed by atoms with van der Waals surface area (Å²) >= 11 is 0. The maximum Gasteiger partial charge on any atom is 0.188 e. The summed E-state index contributed by atoms with van der Waals surface area (Å²) in [5.74, 6) is 1.67. The van der Waals surface area contributed by atoms with Crippen molar-refractivity contribution in [1.82, 2.24) is 0 Å². The van der Waals surface area contributed by atoms with E-state index in [0.29, 0.717) is 0 Å². The number of rotatable bonds is 15. The molecule has 0 radical (unpaired) electrons. The third-order valence-electron chi connectivity index (χ3n) is 4.71. The fourth-order valence-corrected chi connectivity index (χ4v) is 3.07. The van der Waals surface area contributed by atoms with Crippen LogP contribution in [-0.4, -0.2) is 27.8 Å². The van der Waals surface area contributed by atoms with Crippen molar-refractivity contribution >= 4 is 0 Å². The third-order valence-corrected chi connectivity index (χ3v) is 4.71. The van der Waals surface area contributed by atoms with Gasteiger partial charge in [-0.05, 0) is 70.6 Å². The van der Waals surface area contributed by atoms with Crippen LogP contribution in [0.1, 0.15) is 70.9 Å². The van der Waals surface area contributed by atoms with Crippen LogP contribution >= 0.6 is 0 Å². The number of hydrogen-bond donors (Lipinski definition) is 0. The van der Waals surface area contributed by atoms with Gasteiger partial charge in [-0.15, -0.1) is 0 Å². The Hall–Kier alpha value is -1.78. The van der Waals surface area contributed by atoms with Gasteiger partial charge in [-0.25, -0.2) is 0 Å². The predicted molar refractivity (Wildman–Crippen MR) is 121 cm³/mol. The van der Waals surface area contributed by atoms with Gasteiger partial charge < -0.3 is 18.9 Å². The van der Waals surface area contributed by atoms with Gasteiger partial charge in [0.05, 0.1) is 0 Å². The minimum absolute atomic E-state index is 0.221. The van der Waals surface area contributed by atoms with Crippen LogP contribution in [0.2, 0.25) is 0 Å². The smallest absolute Gasteiger partial charge is 0.188 e. The molecule has 164 valence electrons. The molecule has 0 unspecified atom stereocenters. The average Bonchev–Trinajstić information content (AvgIpc) is 2.69. The zero-order valence-electron chi connectivity index (χ0n) is 19.3. The maximum atomic E-state index is 5.92. The highest BCUT2D eigenvalue weighted by Crippen LogP contribution is 2.33. The van der Waals surface area contributed by atoms with E-state index in [-0.39, 0.29) is 13.6 Å². The van der Waals surface area contributed by atoms with Crippen molar-refractivity contribution < 1.29 is 18.9 Å². The van der Waals surface area contributed by atoms with Gasteiger partial charge in [-0.1, -0.05) is 43.1 Å². The van der Waals surface area contributed by atoms with Crippen molar-refractivity contribution in [2.75, 3.05) is 27.8 Å². The lowest BCUT2D eigenvalue weighted by molar-refractivity contribution is 0.0447. The Bertz CT molecular complexity index is 613. The summed E-state index contributed by atoms with van der Waals surface area (Å²) < 4.78 is 22.1. The first-order chi connectivity index (χ1) is 14.0. The van der Waals surface area contributed by atoms with Crippen LogP contribution in [0.4, 0.5) is 0 Å². The first-order valence-electron chi connectivity index (χ1n) is 10.7. The average molecular weight is 405 g/mol. The van der Waals surface area contributed by atoms with E-state index in [1.54, 1.807) is 14.2 Å². The van der Waals surface area contributed by atoms with E-state index < -0.39 is 0 Å². The summed E-state index contributed by atoms with van der Waals surface area (Å²) in [6.45, 7) is 9.12. The van der Waals surface area contributed by atoms with Crippen LogP contribution in [-0.2, 0) is 22.3 Å². The minimum atomic E-state index is 0.221. The lowest BCUT2D eigenvalue weighted by Gasteiger charge is -2.17. The van der Waals surface area contributed by atoms with Gasteiger partial charge in [0.15, 0.2) is 13.6 Å². The molecule has 0 bridgehead atoms. The number of hydrogen-bond acceptors (Lipinski definition) is 4. The van der Waals surface area contributed by atoms with Crippen molar-refractivity contribution in [3.8, 4) is 11.5 Å². The number of methoxy groups -OCH3 is 2. The summed E-state index contributed by atoms with van der Waals surface area (Å²) in [6.07, 6.45) is 12.0. The molecule has 0 heterocycles. The first kappa shape index (κ1) is 25.3. The number of ether oxygens (including phenoxy) is 4. The summed E-state index contributed by atoms with van der Waals surface area (Å²) in [6, 6.07) is 4.27. The molecule has 0 fully saturated rings. The number of unbranched alkanes of at least 4 members (excludes halogenated alkanes) is 2. The Labute approximate surface area is 177 Å². The van der Waals surface area contributed by atoms with Crippen molar-refractivity contribution in [3.63, 3.8) is 0 Å². The molecule has 1 aromatic carbocycles. The molecule has 1 rings (SSSR count). The lowest BCUT2D eigenvalue weighted by Crippen LogP contribution is -2.07. The Kier molecular flexibility index (Phi) is 13.2. The minimum Gasteiger partial charge on any atom is -0.467 e. The van der Waals surface area contributed by atoms with E-state index in [1.807, 2.05) is 0 Å². The summed E-state index contributed by atoms with van der Waals surface area (Å²) in [4.78, 5) is 0. The maximum absolute atomic E-state index is 5.92. The predicted octanol–water partition coefficient (Wildman–Crippen LogP) is 6.62. The first-order valence-corrected chi connectivity index (χ1v) is 10.7. The van der Waals surface area contributed by atoms with E-state index in [9.17, 15) is 0 Å². The van der Waals surface area contributed by atoms with E-state index in [0.717, 1.165) is 49.2 Å². The van der Waals surface area contributed by atoms with Crippen LogP contribution in [0.5, 0.6) is 11.5 Å². The molecule has 0 aliphatic rings. The molecule has 29 heavy (non-hydrogen) atoms. The lowest BCUT2D eigenvalue weighted by atomic mass is 10.00. The zero-order valence-corrected chi connectivity index (χ0v) is 19.3. The van der Waals surface area contributed by atoms with Gasteiger partial charge in [0.25, 0.3) is 0 Å². The van der Waals surface area contributed by atoms with Gasteiger partial charge in [-0.3, -0.25) is 0 Å². The van der Waals surface area contributed by atoms with E-state index in [2.05, 4.69) is 52.0 Å². The zero-order chi connectivity index (χ0) is 21.5. The van der Waals surface area contributed by atoms with Crippen LogP contribution < -0.4 is 9.47 Å². The molecule has 0 saturated carbocycles. The van der Waals surface area contributed by atoms with E-state index in [4.69, 9.17) is 18.9 Å². The van der Waals surface area contributed by atoms with Gasteiger partial charge in [0, 0.05) is 19.8 Å². The molecule has 0 saturated heterocycles. The molecule has 0 amide bonds. The molecule has 0 aliphatic heterocycles. The number of benzene rings is 1. The fourth-order valence-electron chi connectivity index (χ4n) is 3.07. The standard InChI is InChI=1S/C25H40O4/c1-7-8-9-13-22-16-24(28-18-26-5)23(25(17-22)29-19-27-6)15-14-21(4)12-10-11-20(2)3/h11,14,16-17H,7-10,12-13,15,18-19H2,1-6H3/b21-14+.